The highest BCUT2D eigenvalue weighted by molar-refractivity contribution is 6.34. The summed E-state index contributed by atoms with van der Waals surface area (Å²) < 4.78 is 50.5. The van der Waals surface area contributed by atoms with Gasteiger partial charge in [-0.25, -0.2) is 13.2 Å². The van der Waals surface area contributed by atoms with Crippen LogP contribution in [-0.2, 0) is 12.0 Å². The van der Waals surface area contributed by atoms with Crippen LogP contribution < -0.4 is 15.0 Å². The Morgan fingerprint density at radius 2 is 1.97 bits per heavy atom. The van der Waals surface area contributed by atoms with E-state index in [-0.39, 0.29) is 40.9 Å². The highest BCUT2D eigenvalue weighted by atomic mass is 35.5. The van der Waals surface area contributed by atoms with E-state index in [4.69, 9.17) is 21.4 Å². The summed E-state index contributed by atoms with van der Waals surface area (Å²) in [6.45, 7) is 3.16. The summed E-state index contributed by atoms with van der Waals surface area (Å²) in [6, 6.07) is 11.0. The molecule has 2 aliphatic rings. The molecular weight excluding hydrogens is 465 g/mol. The van der Waals surface area contributed by atoms with Crippen molar-refractivity contribution >= 4 is 17.3 Å². The monoisotopic (exact) mass is 488 g/mol. The third kappa shape index (κ3) is 3.54. The number of nitrogens with zero attached hydrogens (tertiary/aromatic N) is 1. The second kappa shape index (κ2) is 8.80. The molecule has 2 heterocycles. The molecule has 34 heavy (non-hydrogen) atoms. The molecule has 0 bridgehead atoms. The molecule has 1 unspecified atom stereocenters. The van der Waals surface area contributed by atoms with Gasteiger partial charge in [0, 0.05) is 42.9 Å². The van der Waals surface area contributed by atoms with E-state index in [0.717, 1.165) is 5.56 Å². The van der Waals surface area contributed by atoms with E-state index in [0.29, 0.717) is 42.9 Å². The van der Waals surface area contributed by atoms with Gasteiger partial charge in [0.25, 0.3) is 0 Å². The van der Waals surface area contributed by atoms with E-state index in [2.05, 4.69) is 10.2 Å². The van der Waals surface area contributed by atoms with Gasteiger partial charge in [0.05, 0.1) is 17.2 Å². The summed E-state index contributed by atoms with van der Waals surface area (Å²) in [5.41, 5.74) is 2.46. The van der Waals surface area contributed by atoms with Crippen LogP contribution >= 0.6 is 11.6 Å². The first-order valence-electron chi connectivity index (χ1n) is 11.2. The molecule has 5 rings (SSSR count). The van der Waals surface area contributed by atoms with Crippen LogP contribution in [0.4, 0.5) is 18.9 Å². The number of aliphatic hydroxyl groups excluding tert-OH is 1. The number of ether oxygens (including phenoxy) is 1. The Kier molecular flexibility index (Phi) is 5.96. The van der Waals surface area contributed by atoms with Crippen molar-refractivity contribution in [2.24, 2.45) is 0 Å². The van der Waals surface area contributed by atoms with Gasteiger partial charge in [-0.05, 0) is 47.9 Å². The van der Waals surface area contributed by atoms with Crippen LogP contribution in [0.2, 0.25) is 5.02 Å². The number of anilines is 1. The Bertz CT molecular complexity index is 1270. The SMILES string of the molecule is Cc1ccc(OCCO)c(F)c1-c1c(Cl)c(F)cc2c1CC1(c3cccc(F)c3)CNCCN21. The number of fused-ring (bicyclic) bond motifs is 3. The Morgan fingerprint density at radius 1 is 1.15 bits per heavy atom. The number of hydrogen-bond acceptors (Lipinski definition) is 4. The summed E-state index contributed by atoms with van der Waals surface area (Å²) in [6.07, 6.45) is 0.398. The number of hydrogen-bond donors (Lipinski definition) is 2. The van der Waals surface area contributed by atoms with E-state index < -0.39 is 17.2 Å². The molecule has 0 aromatic heterocycles. The van der Waals surface area contributed by atoms with Crippen LogP contribution in [0.1, 0.15) is 16.7 Å². The minimum atomic E-state index is -0.663. The average Bonchev–Trinajstić information content (AvgIpc) is 3.16. The molecule has 3 aromatic carbocycles. The highest BCUT2D eigenvalue weighted by Crippen LogP contribution is 2.52. The van der Waals surface area contributed by atoms with Crippen molar-refractivity contribution in [2.45, 2.75) is 18.9 Å². The molecular formula is C26H24ClF3N2O2. The number of aliphatic hydroxyl groups is 1. The first-order chi connectivity index (χ1) is 16.4. The van der Waals surface area contributed by atoms with Crippen LogP contribution in [0.3, 0.4) is 0 Å². The number of halogens is 4. The van der Waals surface area contributed by atoms with Crippen LogP contribution in [0.25, 0.3) is 11.1 Å². The molecule has 178 valence electrons. The van der Waals surface area contributed by atoms with Crippen molar-refractivity contribution < 1.29 is 23.0 Å². The van der Waals surface area contributed by atoms with Crippen molar-refractivity contribution in [1.29, 1.82) is 0 Å². The minimum absolute atomic E-state index is 0.0408. The number of rotatable bonds is 5. The van der Waals surface area contributed by atoms with Crippen molar-refractivity contribution in [1.82, 2.24) is 5.32 Å². The molecule has 2 N–H and O–H groups in total. The lowest BCUT2D eigenvalue weighted by Crippen LogP contribution is -2.57. The van der Waals surface area contributed by atoms with Gasteiger partial charge in [-0.3, -0.25) is 0 Å². The van der Waals surface area contributed by atoms with E-state index in [1.807, 2.05) is 6.07 Å². The van der Waals surface area contributed by atoms with Gasteiger partial charge >= 0.3 is 0 Å². The molecule has 3 aromatic rings. The van der Waals surface area contributed by atoms with E-state index in [1.54, 1.807) is 19.1 Å². The largest absolute Gasteiger partial charge is 0.488 e. The van der Waals surface area contributed by atoms with E-state index >= 15 is 8.78 Å². The lowest BCUT2D eigenvalue weighted by molar-refractivity contribution is 0.196. The average molecular weight is 489 g/mol. The number of piperazine rings is 1. The maximum Gasteiger partial charge on any atom is 0.173 e. The van der Waals surface area contributed by atoms with Gasteiger partial charge in [0.15, 0.2) is 11.6 Å². The van der Waals surface area contributed by atoms with Crippen molar-refractivity contribution in [2.75, 3.05) is 37.7 Å². The van der Waals surface area contributed by atoms with E-state index in [1.165, 1.54) is 24.3 Å². The van der Waals surface area contributed by atoms with Gasteiger partial charge in [-0.1, -0.05) is 29.8 Å². The second-order valence-corrected chi connectivity index (χ2v) is 9.11. The van der Waals surface area contributed by atoms with Crippen molar-refractivity contribution in [3.05, 3.63) is 81.6 Å². The fourth-order valence-corrected chi connectivity index (χ4v) is 5.56. The third-order valence-electron chi connectivity index (χ3n) is 6.79. The molecule has 1 saturated heterocycles. The van der Waals surface area contributed by atoms with Crippen LogP contribution in [0.5, 0.6) is 5.75 Å². The van der Waals surface area contributed by atoms with Gasteiger partial charge in [-0.2, -0.15) is 0 Å². The van der Waals surface area contributed by atoms with Gasteiger partial charge < -0.3 is 20.1 Å². The zero-order valence-corrected chi connectivity index (χ0v) is 19.4. The number of benzene rings is 3. The Morgan fingerprint density at radius 3 is 2.74 bits per heavy atom. The molecule has 8 heteroatoms. The molecule has 1 fully saturated rings. The summed E-state index contributed by atoms with van der Waals surface area (Å²) in [4.78, 5) is 2.08. The summed E-state index contributed by atoms with van der Waals surface area (Å²) >= 11 is 6.51. The summed E-state index contributed by atoms with van der Waals surface area (Å²) in [5.74, 6) is -1.70. The van der Waals surface area contributed by atoms with Gasteiger partial charge in [0.1, 0.15) is 18.2 Å². The normalized spacial score (nSPS) is 19.2. The highest BCUT2D eigenvalue weighted by Gasteiger charge is 2.48. The maximum absolute atomic E-state index is 15.7. The molecule has 0 amide bonds. The van der Waals surface area contributed by atoms with Crippen LogP contribution in [-0.4, -0.2) is 38.0 Å². The molecule has 0 spiro atoms. The standard InChI is InChI=1S/C26H24ClF3N2O2/c1-15-5-6-21(34-10-9-33)25(30)22(15)23-18-13-26(16-3-2-4-17(28)11-16)14-31-7-8-32(26)20(18)12-19(29)24(23)27/h2-6,11-12,31,33H,7-10,13-14H2,1H3. The molecule has 0 radical (unpaired) electrons. The lowest BCUT2D eigenvalue weighted by atomic mass is 9.83. The predicted octanol–water partition coefficient (Wildman–Crippen LogP) is 4.97. The molecule has 1 atom stereocenters. The predicted molar refractivity (Wildman–Crippen MR) is 126 cm³/mol. The van der Waals surface area contributed by atoms with Gasteiger partial charge in [-0.15, -0.1) is 0 Å². The quantitative estimate of drug-likeness (QED) is 0.532. The van der Waals surface area contributed by atoms with E-state index in [9.17, 15) is 4.39 Å². The number of aryl methyl sites for hydroxylation is 1. The second-order valence-electron chi connectivity index (χ2n) is 8.73. The fourth-order valence-electron chi connectivity index (χ4n) is 5.29. The smallest absolute Gasteiger partial charge is 0.173 e. The summed E-state index contributed by atoms with van der Waals surface area (Å²) in [7, 11) is 0. The lowest BCUT2D eigenvalue weighted by Gasteiger charge is -2.45. The zero-order valence-electron chi connectivity index (χ0n) is 18.6. The topological polar surface area (TPSA) is 44.7 Å². The van der Waals surface area contributed by atoms with Crippen LogP contribution in [0.15, 0.2) is 42.5 Å². The van der Waals surface area contributed by atoms with Gasteiger partial charge in [0.2, 0.25) is 0 Å². The zero-order chi connectivity index (χ0) is 24.0. The molecule has 4 nitrogen and oxygen atoms in total. The molecule has 2 aliphatic heterocycles. The minimum Gasteiger partial charge on any atom is -0.488 e. The van der Waals surface area contributed by atoms with Crippen LogP contribution in [0, 0.1) is 24.4 Å². The third-order valence-corrected chi connectivity index (χ3v) is 7.16. The number of nitrogens with one attached hydrogen (secondary N) is 1. The van der Waals surface area contributed by atoms with Crippen molar-refractivity contribution in [3.63, 3.8) is 0 Å². The Balaban J connectivity index is 1.74. The Hall–Kier alpha value is -2.74. The molecule has 0 saturated carbocycles. The van der Waals surface area contributed by atoms with Crippen molar-refractivity contribution in [3.8, 4) is 16.9 Å². The fraction of sp³-hybridized carbons (Fsp3) is 0.308. The maximum atomic E-state index is 15.7. The first kappa shape index (κ1) is 23.0. The summed E-state index contributed by atoms with van der Waals surface area (Å²) in [5, 5.41) is 12.3. The Labute approximate surface area is 200 Å². The first-order valence-corrected chi connectivity index (χ1v) is 11.5. The molecule has 0 aliphatic carbocycles.